The molecule has 1 nitrogen and oxygen atoms in total. The molecule has 1 atom stereocenters. The Labute approximate surface area is 83.9 Å². The largest absolute Gasteiger partial charge is 0.324 e. The van der Waals surface area contributed by atoms with Gasteiger partial charge in [0.1, 0.15) is 0 Å². The van der Waals surface area contributed by atoms with E-state index < -0.39 is 0 Å². The first-order valence-electron chi connectivity index (χ1n) is 4.70. The van der Waals surface area contributed by atoms with Crippen LogP contribution in [0.5, 0.6) is 0 Å². The lowest BCUT2D eigenvalue weighted by molar-refractivity contribution is 0.630. The van der Waals surface area contributed by atoms with Gasteiger partial charge in [-0.2, -0.15) is 0 Å². The van der Waals surface area contributed by atoms with Gasteiger partial charge in [0.05, 0.1) is 0 Å². The lowest BCUT2D eigenvalue weighted by atomic mass is 9.99. The maximum atomic E-state index is 6.11. The SMILES string of the molecule is Cc1cc(Cl)ccc1[C@H](N)C1CC1. The van der Waals surface area contributed by atoms with E-state index in [0.717, 1.165) is 5.02 Å². The van der Waals surface area contributed by atoms with Gasteiger partial charge in [0.15, 0.2) is 0 Å². The van der Waals surface area contributed by atoms with Crippen molar-refractivity contribution >= 4 is 11.6 Å². The summed E-state index contributed by atoms with van der Waals surface area (Å²) in [7, 11) is 0. The number of aryl methyl sites for hydroxylation is 1. The zero-order chi connectivity index (χ0) is 9.42. The zero-order valence-electron chi connectivity index (χ0n) is 7.76. The molecule has 1 aromatic carbocycles. The first kappa shape index (κ1) is 9.04. The van der Waals surface area contributed by atoms with Gasteiger partial charge in [0.25, 0.3) is 0 Å². The zero-order valence-corrected chi connectivity index (χ0v) is 8.51. The third-order valence-electron chi connectivity index (χ3n) is 2.72. The highest BCUT2D eigenvalue weighted by molar-refractivity contribution is 6.30. The molecule has 2 heteroatoms. The van der Waals surface area contributed by atoms with Crippen LogP contribution in [0, 0.1) is 12.8 Å². The minimum atomic E-state index is 0.220. The summed E-state index contributed by atoms with van der Waals surface area (Å²) in [5, 5.41) is 0.796. The van der Waals surface area contributed by atoms with Crippen molar-refractivity contribution in [2.75, 3.05) is 0 Å². The molecule has 2 N–H and O–H groups in total. The van der Waals surface area contributed by atoms with E-state index in [1.54, 1.807) is 0 Å². The van der Waals surface area contributed by atoms with Gasteiger partial charge < -0.3 is 5.73 Å². The summed E-state index contributed by atoms with van der Waals surface area (Å²) in [6.07, 6.45) is 2.56. The van der Waals surface area contributed by atoms with Crippen LogP contribution in [0.4, 0.5) is 0 Å². The van der Waals surface area contributed by atoms with Crippen LogP contribution in [-0.4, -0.2) is 0 Å². The summed E-state index contributed by atoms with van der Waals surface area (Å²) in [4.78, 5) is 0. The highest BCUT2D eigenvalue weighted by atomic mass is 35.5. The number of hydrogen-bond acceptors (Lipinski definition) is 1. The van der Waals surface area contributed by atoms with Crippen molar-refractivity contribution in [1.29, 1.82) is 0 Å². The normalized spacial score (nSPS) is 18.7. The molecule has 2 rings (SSSR count). The van der Waals surface area contributed by atoms with Crippen molar-refractivity contribution in [2.45, 2.75) is 25.8 Å². The van der Waals surface area contributed by atoms with Gasteiger partial charge in [0, 0.05) is 11.1 Å². The van der Waals surface area contributed by atoms with Crippen molar-refractivity contribution in [3.05, 3.63) is 34.3 Å². The van der Waals surface area contributed by atoms with Crippen molar-refractivity contribution in [2.24, 2.45) is 11.7 Å². The second kappa shape index (κ2) is 3.32. The van der Waals surface area contributed by atoms with Gasteiger partial charge in [-0.1, -0.05) is 17.7 Å². The monoisotopic (exact) mass is 195 g/mol. The molecule has 0 bridgehead atoms. The molecule has 1 aromatic rings. The molecule has 0 heterocycles. The molecule has 1 aliphatic rings. The maximum absolute atomic E-state index is 6.11. The number of rotatable bonds is 2. The number of hydrogen-bond donors (Lipinski definition) is 1. The smallest absolute Gasteiger partial charge is 0.0408 e. The summed E-state index contributed by atoms with van der Waals surface area (Å²) in [6.45, 7) is 2.07. The molecular formula is C11H14ClN. The number of benzene rings is 1. The van der Waals surface area contributed by atoms with E-state index in [9.17, 15) is 0 Å². The molecule has 1 aliphatic carbocycles. The molecule has 1 fully saturated rings. The predicted octanol–water partition coefficient (Wildman–Crippen LogP) is 3.06. The van der Waals surface area contributed by atoms with Crippen LogP contribution < -0.4 is 5.73 Å². The number of nitrogens with two attached hydrogens (primary N) is 1. The third kappa shape index (κ3) is 1.87. The van der Waals surface area contributed by atoms with E-state index in [0.29, 0.717) is 5.92 Å². The van der Waals surface area contributed by atoms with E-state index in [4.69, 9.17) is 17.3 Å². The summed E-state index contributed by atoms with van der Waals surface area (Å²) < 4.78 is 0. The van der Waals surface area contributed by atoms with Crippen LogP contribution in [0.25, 0.3) is 0 Å². The summed E-state index contributed by atoms with van der Waals surface area (Å²) >= 11 is 5.88. The molecule has 1 saturated carbocycles. The third-order valence-corrected chi connectivity index (χ3v) is 2.96. The molecule has 70 valence electrons. The second-order valence-corrected chi connectivity index (χ2v) is 4.30. The van der Waals surface area contributed by atoms with Crippen LogP contribution in [0.15, 0.2) is 18.2 Å². The van der Waals surface area contributed by atoms with Crippen LogP contribution >= 0.6 is 11.6 Å². The van der Waals surface area contributed by atoms with Gasteiger partial charge in [-0.25, -0.2) is 0 Å². The van der Waals surface area contributed by atoms with Gasteiger partial charge >= 0.3 is 0 Å². The molecule has 0 spiro atoms. The van der Waals surface area contributed by atoms with E-state index in [-0.39, 0.29) is 6.04 Å². The highest BCUT2D eigenvalue weighted by Crippen LogP contribution is 2.40. The van der Waals surface area contributed by atoms with E-state index in [2.05, 4.69) is 13.0 Å². The molecule has 0 radical (unpaired) electrons. The first-order chi connectivity index (χ1) is 6.18. The molecule has 0 saturated heterocycles. The van der Waals surface area contributed by atoms with Gasteiger partial charge in [0.2, 0.25) is 0 Å². The van der Waals surface area contributed by atoms with Crippen LogP contribution in [0.2, 0.25) is 5.02 Å². The van der Waals surface area contributed by atoms with E-state index in [1.165, 1.54) is 24.0 Å². The fourth-order valence-electron chi connectivity index (χ4n) is 1.72. The number of halogens is 1. The second-order valence-electron chi connectivity index (χ2n) is 3.86. The van der Waals surface area contributed by atoms with E-state index >= 15 is 0 Å². The summed E-state index contributed by atoms with van der Waals surface area (Å²) in [5.41, 5.74) is 8.58. The molecule has 0 aliphatic heterocycles. The quantitative estimate of drug-likeness (QED) is 0.772. The highest BCUT2D eigenvalue weighted by Gasteiger charge is 2.30. The Hall–Kier alpha value is -0.530. The van der Waals surface area contributed by atoms with Crippen molar-refractivity contribution in [3.8, 4) is 0 Å². The molecule has 0 aromatic heterocycles. The minimum Gasteiger partial charge on any atom is -0.324 e. The Kier molecular flexibility index (Phi) is 2.31. The predicted molar refractivity (Wildman–Crippen MR) is 55.8 cm³/mol. The lowest BCUT2D eigenvalue weighted by Gasteiger charge is -2.13. The van der Waals surface area contributed by atoms with Crippen molar-refractivity contribution < 1.29 is 0 Å². The van der Waals surface area contributed by atoms with Crippen molar-refractivity contribution in [1.82, 2.24) is 0 Å². The Morgan fingerprint density at radius 3 is 2.69 bits per heavy atom. The standard InChI is InChI=1S/C11H14ClN/c1-7-6-9(12)4-5-10(7)11(13)8-2-3-8/h4-6,8,11H,2-3,13H2,1H3/t11-/m1/s1. The Morgan fingerprint density at radius 2 is 2.15 bits per heavy atom. The van der Waals surface area contributed by atoms with Crippen LogP contribution in [0.1, 0.15) is 30.0 Å². The van der Waals surface area contributed by atoms with Gasteiger partial charge in [-0.3, -0.25) is 0 Å². The Bertz CT molecular complexity index is 318. The van der Waals surface area contributed by atoms with Gasteiger partial charge in [-0.05, 0) is 48.9 Å². The fraction of sp³-hybridized carbons (Fsp3) is 0.455. The average molecular weight is 196 g/mol. The van der Waals surface area contributed by atoms with Crippen LogP contribution in [0.3, 0.4) is 0 Å². The Balaban J connectivity index is 2.28. The maximum Gasteiger partial charge on any atom is 0.0408 e. The lowest BCUT2D eigenvalue weighted by Crippen LogP contribution is -2.13. The summed E-state index contributed by atoms with van der Waals surface area (Å²) in [6, 6.07) is 6.18. The molecule has 13 heavy (non-hydrogen) atoms. The van der Waals surface area contributed by atoms with Crippen LogP contribution in [-0.2, 0) is 0 Å². The average Bonchev–Trinajstić information content (AvgIpc) is 2.85. The van der Waals surface area contributed by atoms with Gasteiger partial charge in [-0.15, -0.1) is 0 Å². The minimum absolute atomic E-state index is 0.220. The summed E-state index contributed by atoms with van der Waals surface area (Å²) in [5.74, 6) is 0.708. The molecule has 0 unspecified atom stereocenters. The molecular weight excluding hydrogens is 182 g/mol. The Morgan fingerprint density at radius 1 is 1.46 bits per heavy atom. The fourth-order valence-corrected chi connectivity index (χ4v) is 1.95. The first-order valence-corrected chi connectivity index (χ1v) is 5.08. The van der Waals surface area contributed by atoms with Crippen molar-refractivity contribution in [3.63, 3.8) is 0 Å². The molecule has 0 amide bonds. The van der Waals surface area contributed by atoms with E-state index in [1.807, 2.05) is 12.1 Å². The topological polar surface area (TPSA) is 26.0 Å².